The molecule has 0 unspecified atom stereocenters. The number of rotatable bonds is 6. The minimum absolute atomic E-state index is 0.0203. The molecule has 1 aromatic heterocycles. The lowest BCUT2D eigenvalue weighted by Gasteiger charge is -2.24. The molecule has 0 radical (unpaired) electrons. The van der Waals surface area contributed by atoms with E-state index in [4.69, 9.17) is 4.74 Å². The maximum absolute atomic E-state index is 12.2. The highest BCUT2D eigenvalue weighted by atomic mass is 16.5. The molecule has 2 heterocycles. The Morgan fingerprint density at radius 2 is 2.00 bits per heavy atom. The van der Waals surface area contributed by atoms with E-state index in [-0.39, 0.29) is 12.1 Å². The highest BCUT2D eigenvalue weighted by molar-refractivity contribution is 6.35. The second-order valence-corrected chi connectivity index (χ2v) is 7.25. The maximum Gasteiger partial charge on any atom is 0.309 e. The summed E-state index contributed by atoms with van der Waals surface area (Å²) in [5, 5.41) is 6.58. The number of benzene rings is 1. The van der Waals surface area contributed by atoms with Crippen molar-refractivity contribution < 1.29 is 14.3 Å². The fourth-order valence-electron chi connectivity index (χ4n) is 3.57. The van der Waals surface area contributed by atoms with Crippen LogP contribution in [0.5, 0.6) is 0 Å². The molecular formula is C20H28N4O3. The van der Waals surface area contributed by atoms with Gasteiger partial charge in [0.1, 0.15) is 0 Å². The summed E-state index contributed by atoms with van der Waals surface area (Å²) >= 11 is 0. The van der Waals surface area contributed by atoms with Gasteiger partial charge < -0.3 is 24.8 Å². The van der Waals surface area contributed by atoms with Gasteiger partial charge in [-0.05, 0) is 38.6 Å². The van der Waals surface area contributed by atoms with E-state index < -0.39 is 11.8 Å². The van der Waals surface area contributed by atoms with Crippen LogP contribution in [0.1, 0.15) is 24.4 Å². The van der Waals surface area contributed by atoms with Crippen molar-refractivity contribution in [3.8, 4) is 0 Å². The van der Waals surface area contributed by atoms with Gasteiger partial charge in [-0.15, -0.1) is 0 Å². The second kappa shape index (κ2) is 8.54. The van der Waals surface area contributed by atoms with Crippen LogP contribution in [-0.4, -0.2) is 61.2 Å². The van der Waals surface area contributed by atoms with Crippen LogP contribution in [0.2, 0.25) is 0 Å². The van der Waals surface area contributed by atoms with Crippen molar-refractivity contribution in [2.24, 2.45) is 7.05 Å². The van der Waals surface area contributed by atoms with Crippen LogP contribution >= 0.6 is 0 Å². The molecule has 0 saturated carbocycles. The van der Waals surface area contributed by atoms with Crippen molar-refractivity contribution in [2.45, 2.75) is 25.0 Å². The molecule has 146 valence electrons. The Hall–Kier alpha value is -2.38. The molecule has 1 aromatic carbocycles. The molecular weight excluding hydrogens is 344 g/mol. The summed E-state index contributed by atoms with van der Waals surface area (Å²) in [6.07, 6.45) is 4.03. The topological polar surface area (TPSA) is 75.6 Å². The van der Waals surface area contributed by atoms with E-state index in [0.717, 1.165) is 35.9 Å². The lowest BCUT2D eigenvalue weighted by molar-refractivity contribution is -0.139. The smallest absolute Gasteiger partial charge is 0.309 e. The summed E-state index contributed by atoms with van der Waals surface area (Å²) in [5.41, 5.74) is 2.26. The second-order valence-electron chi connectivity index (χ2n) is 7.25. The first-order valence-electron chi connectivity index (χ1n) is 9.35. The van der Waals surface area contributed by atoms with Gasteiger partial charge in [0.15, 0.2) is 0 Å². The molecule has 3 rings (SSSR count). The molecule has 1 fully saturated rings. The first-order valence-corrected chi connectivity index (χ1v) is 9.35. The van der Waals surface area contributed by atoms with Crippen molar-refractivity contribution in [1.82, 2.24) is 20.1 Å². The van der Waals surface area contributed by atoms with Crippen LogP contribution in [0.25, 0.3) is 10.9 Å². The molecule has 1 aliphatic rings. The monoisotopic (exact) mass is 372 g/mol. The molecule has 0 spiro atoms. The molecule has 2 N–H and O–H groups in total. The number of aryl methyl sites for hydroxylation is 1. The van der Waals surface area contributed by atoms with Crippen LogP contribution in [0, 0.1) is 0 Å². The third kappa shape index (κ3) is 4.48. The molecule has 7 nitrogen and oxygen atoms in total. The van der Waals surface area contributed by atoms with Crippen molar-refractivity contribution in [1.29, 1.82) is 0 Å². The van der Waals surface area contributed by atoms with Gasteiger partial charge in [-0.1, -0.05) is 18.2 Å². The summed E-state index contributed by atoms with van der Waals surface area (Å²) < 4.78 is 7.54. The molecule has 0 aliphatic carbocycles. The quantitative estimate of drug-likeness (QED) is 0.747. The average molecular weight is 372 g/mol. The molecule has 0 bridgehead atoms. The summed E-state index contributed by atoms with van der Waals surface area (Å²) in [7, 11) is 5.95. The Morgan fingerprint density at radius 3 is 2.70 bits per heavy atom. The first kappa shape index (κ1) is 19.4. The van der Waals surface area contributed by atoms with Crippen LogP contribution in [0.4, 0.5) is 0 Å². The number of likely N-dealkylation sites (N-methyl/N-ethyl adjacent to an activating group) is 1. The number of para-hydroxylation sites is 1. The summed E-state index contributed by atoms with van der Waals surface area (Å²) in [6, 6.07) is 8.14. The molecule has 27 heavy (non-hydrogen) atoms. The molecule has 2 atom stereocenters. The van der Waals surface area contributed by atoms with Crippen molar-refractivity contribution in [3.05, 3.63) is 36.0 Å². The maximum atomic E-state index is 12.2. The Morgan fingerprint density at radius 1 is 1.26 bits per heavy atom. The van der Waals surface area contributed by atoms with E-state index in [1.165, 1.54) is 0 Å². The summed E-state index contributed by atoms with van der Waals surface area (Å²) in [6.45, 7) is 1.46. The van der Waals surface area contributed by atoms with Crippen molar-refractivity contribution in [3.63, 3.8) is 0 Å². The van der Waals surface area contributed by atoms with Gasteiger partial charge in [0, 0.05) is 43.8 Å². The number of hydrogen-bond acceptors (Lipinski definition) is 4. The number of aromatic nitrogens is 1. The summed E-state index contributed by atoms with van der Waals surface area (Å²) in [4.78, 5) is 26.3. The zero-order chi connectivity index (χ0) is 19.4. The highest BCUT2D eigenvalue weighted by Crippen LogP contribution is 2.28. The van der Waals surface area contributed by atoms with E-state index in [1.807, 2.05) is 38.2 Å². The van der Waals surface area contributed by atoms with E-state index in [9.17, 15) is 9.59 Å². The van der Waals surface area contributed by atoms with Gasteiger partial charge in [-0.25, -0.2) is 0 Å². The predicted octanol–water partition coefficient (Wildman–Crippen LogP) is 1.19. The normalized spacial score (nSPS) is 18.0. The number of fused-ring (bicyclic) bond motifs is 1. The lowest BCUT2D eigenvalue weighted by atomic mass is 10.0. The average Bonchev–Trinajstić information content (AvgIpc) is 3.28. The van der Waals surface area contributed by atoms with E-state index in [1.54, 1.807) is 0 Å². The van der Waals surface area contributed by atoms with Crippen LogP contribution in [0.3, 0.4) is 0 Å². The molecule has 2 aromatic rings. The van der Waals surface area contributed by atoms with Gasteiger partial charge in [0.25, 0.3) is 0 Å². The number of hydrogen-bond donors (Lipinski definition) is 2. The standard InChI is InChI=1S/C20H28N4O3/c1-23(2)18(16-13-24(3)17-9-5-4-8-15(16)17)12-22-20(26)19(25)21-11-14-7-6-10-27-14/h4-5,8-9,13-14,18H,6-7,10-12H2,1-3H3,(H,21,25)(H,22,26)/t14-,18-/m1/s1. The van der Waals surface area contributed by atoms with Crippen LogP contribution in [0.15, 0.2) is 30.5 Å². The molecule has 1 aliphatic heterocycles. The Bertz CT molecular complexity index is 809. The van der Waals surface area contributed by atoms with Gasteiger partial charge in [-0.2, -0.15) is 0 Å². The van der Waals surface area contributed by atoms with Gasteiger partial charge in [0.05, 0.1) is 12.1 Å². The lowest BCUT2D eigenvalue weighted by Crippen LogP contribution is -2.44. The van der Waals surface area contributed by atoms with E-state index in [2.05, 4.69) is 33.5 Å². The molecule has 2 amide bonds. The SMILES string of the molecule is CN(C)[C@H](CNC(=O)C(=O)NC[C@H]1CCCO1)c1cn(C)c2ccccc12. The van der Waals surface area contributed by atoms with Crippen LogP contribution in [-0.2, 0) is 21.4 Å². The highest BCUT2D eigenvalue weighted by Gasteiger charge is 2.23. The number of nitrogens with one attached hydrogen (secondary N) is 2. The van der Waals surface area contributed by atoms with Gasteiger partial charge in [0.2, 0.25) is 0 Å². The third-order valence-corrected chi connectivity index (χ3v) is 5.09. The third-order valence-electron chi connectivity index (χ3n) is 5.09. The van der Waals surface area contributed by atoms with Crippen molar-refractivity contribution in [2.75, 3.05) is 33.8 Å². The fraction of sp³-hybridized carbons (Fsp3) is 0.500. The van der Waals surface area contributed by atoms with Gasteiger partial charge in [-0.3, -0.25) is 9.59 Å². The largest absolute Gasteiger partial charge is 0.376 e. The minimum atomic E-state index is -0.611. The summed E-state index contributed by atoms with van der Waals surface area (Å²) in [5.74, 6) is -1.22. The zero-order valence-electron chi connectivity index (χ0n) is 16.2. The Labute approximate surface area is 159 Å². The Balaban J connectivity index is 1.62. The number of carbonyl (C=O) groups is 2. The number of ether oxygens (including phenoxy) is 1. The fourth-order valence-corrected chi connectivity index (χ4v) is 3.57. The molecule has 7 heteroatoms. The number of nitrogens with zero attached hydrogens (tertiary/aromatic N) is 2. The Kier molecular flexibility index (Phi) is 6.13. The van der Waals surface area contributed by atoms with E-state index >= 15 is 0 Å². The molecule has 1 saturated heterocycles. The zero-order valence-corrected chi connectivity index (χ0v) is 16.2. The van der Waals surface area contributed by atoms with Crippen LogP contribution < -0.4 is 10.6 Å². The van der Waals surface area contributed by atoms with E-state index in [0.29, 0.717) is 13.1 Å². The number of amides is 2. The van der Waals surface area contributed by atoms with Gasteiger partial charge >= 0.3 is 11.8 Å². The first-order chi connectivity index (χ1) is 13.0. The van der Waals surface area contributed by atoms with Crippen molar-refractivity contribution >= 4 is 22.7 Å². The minimum Gasteiger partial charge on any atom is -0.376 e. The number of carbonyl (C=O) groups excluding carboxylic acids is 2. The predicted molar refractivity (Wildman–Crippen MR) is 104 cm³/mol.